The van der Waals surface area contributed by atoms with Crippen molar-refractivity contribution >= 4 is 17.9 Å². The first-order valence-electron chi connectivity index (χ1n) is 8.50. The van der Waals surface area contributed by atoms with E-state index in [-0.39, 0.29) is 0 Å². The Bertz CT molecular complexity index is 574. The number of amides is 1. The van der Waals surface area contributed by atoms with Crippen LogP contribution >= 0.6 is 0 Å². The maximum absolute atomic E-state index is 12.5. The van der Waals surface area contributed by atoms with Gasteiger partial charge in [0, 0.05) is 6.42 Å². The largest absolute Gasteiger partial charge is 0.507 e. The highest BCUT2D eigenvalue weighted by molar-refractivity contribution is 5.91. The molecule has 1 aromatic rings. The smallest absolute Gasteiger partial charge is 0.450 e. The number of hydrogen-bond donors (Lipinski definition) is 1. The third kappa shape index (κ3) is 4.40. The van der Waals surface area contributed by atoms with Crippen molar-refractivity contribution in [2.24, 2.45) is 5.92 Å². The molecule has 2 rings (SSSR count). The van der Waals surface area contributed by atoms with Gasteiger partial charge in [-0.25, -0.2) is 14.5 Å². The van der Waals surface area contributed by atoms with Crippen molar-refractivity contribution in [2.75, 3.05) is 11.5 Å². The Morgan fingerprint density at radius 2 is 2.08 bits per heavy atom. The summed E-state index contributed by atoms with van der Waals surface area (Å²) >= 11 is 0. The molecule has 1 aromatic carbocycles. The Labute approximate surface area is 142 Å². The number of anilines is 1. The lowest BCUT2D eigenvalue weighted by atomic mass is 10.0. The summed E-state index contributed by atoms with van der Waals surface area (Å²) in [5.41, 5.74) is 1.52. The summed E-state index contributed by atoms with van der Waals surface area (Å²) < 4.78 is 10.3. The fourth-order valence-corrected chi connectivity index (χ4v) is 2.94. The standard InChI is InChI=1S/C18H25NO5/c1-3-5-8-13(4-2)12-23-17(20)19-15-10-7-6-9-14(15)11-16(19)24-18(21)22/h6-7,9-10,13,16H,3-5,8,11-12H2,1-2H3,(H,21,22). The second-order valence-corrected chi connectivity index (χ2v) is 6.03. The Morgan fingerprint density at radius 1 is 1.33 bits per heavy atom. The first-order chi connectivity index (χ1) is 11.6. The maximum atomic E-state index is 12.5. The van der Waals surface area contributed by atoms with Gasteiger partial charge in [-0.2, -0.15) is 0 Å². The predicted molar refractivity (Wildman–Crippen MR) is 90.2 cm³/mol. The van der Waals surface area contributed by atoms with E-state index < -0.39 is 18.5 Å². The molecule has 0 bridgehead atoms. The summed E-state index contributed by atoms with van der Waals surface area (Å²) in [6.45, 7) is 4.55. The molecule has 0 saturated heterocycles. The zero-order valence-electron chi connectivity index (χ0n) is 14.2. The molecule has 1 heterocycles. The molecule has 0 aliphatic carbocycles. The van der Waals surface area contributed by atoms with Gasteiger partial charge in [0.1, 0.15) is 0 Å². The molecule has 6 heteroatoms. The van der Waals surface area contributed by atoms with Gasteiger partial charge in [-0.15, -0.1) is 0 Å². The number of carboxylic acid groups (broad SMARTS) is 1. The number of hydrogen-bond acceptors (Lipinski definition) is 4. The van der Waals surface area contributed by atoms with E-state index in [2.05, 4.69) is 13.8 Å². The molecule has 0 aromatic heterocycles. The molecule has 1 N–H and O–H groups in total. The number of para-hydroxylation sites is 1. The topological polar surface area (TPSA) is 76.1 Å². The number of carbonyl (C=O) groups excluding carboxylic acids is 1. The second kappa shape index (κ2) is 8.57. The molecule has 1 aliphatic rings. The van der Waals surface area contributed by atoms with Crippen molar-refractivity contribution in [2.45, 2.75) is 52.2 Å². The van der Waals surface area contributed by atoms with Crippen molar-refractivity contribution in [1.29, 1.82) is 0 Å². The van der Waals surface area contributed by atoms with Gasteiger partial charge < -0.3 is 14.6 Å². The second-order valence-electron chi connectivity index (χ2n) is 6.03. The van der Waals surface area contributed by atoms with Crippen LogP contribution in [0, 0.1) is 5.92 Å². The van der Waals surface area contributed by atoms with Crippen LogP contribution < -0.4 is 4.90 Å². The normalized spacial score (nSPS) is 17.2. The average molecular weight is 335 g/mol. The third-order valence-electron chi connectivity index (χ3n) is 4.35. The first kappa shape index (κ1) is 18.1. The van der Waals surface area contributed by atoms with Crippen molar-refractivity contribution in [3.8, 4) is 0 Å². The van der Waals surface area contributed by atoms with Crippen molar-refractivity contribution in [3.05, 3.63) is 29.8 Å². The molecule has 0 fully saturated rings. The lowest BCUT2D eigenvalue weighted by molar-refractivity contribution is 0.0497. The van der Waals surface area contributed by atoms with Crippen LogP contribution in [0.25, 0.3) is 0 Å². The van der Waals surface area contributed by atoms with Gasteiger partial charge in [0.15, 0.2) is 6.23 Å². The number of nitrogens with zero attached hydrogens (tertiary/aromatic N) is 1. The van der Waals surface area contributed by atoms with Gasteiger partial charge in [0.05, 0.1) is 12.3 Å². The molecule has 0 saturated carbocycles. The summed E-state index contributed by atoms with van der Waals surface area (Å²) in [6, 6.07) is 7.29. The van der Waals surface area contributed by atoms with Crippen LogP contribution in [-0.2, 0) is 15.9 Å². The van der Waals surface area contributed by atoms with Crippen LogP contribution in [0.1, 0.15) is 45.1 Å². The summed E-state index contributed by atoms with van der Waals surface area (Å²) in [5, 5.41) is 8.90. The van der Waals surface area contributed by atoms with Crippen LogP contribution in [0.5, 0.6) is 0 Å². The summed E-state index contributed by atoms with van der Waals surface area (Å²) in [5.74, 6) is 0.325. The van der Waals surface area contributed by atoms with Gasteiger partial charge in [0.2, 0.25) is 0 Å². The van der Waals surface area contributed by atoms with Gasteiger partial charge in [-0.1, -0.05) is 51.3 Å². The molecule has 1 aliphatic heterocycles. The van der Waals surface area contributed by atoms with E-state index in [1.54, 1.807) is 12.1 Å². The number of fused-ring (bicyclic) bond motifs is 1. The molecule has 1 amide bonds. The van der Waals surface area contributed by atoms with Gasteiger partial charge in [-0.3, -0.25) is 0 Å². The first-order valence-corrected chi connectivity index (χ1v) is 8.50. The minimum Gasteiger partial charge on any atom is -0.450 e. The van der Waals surface area contributed by atoms with E-state index in [0.29, 0.717) is 24.6 Å². The lowest BCUT2D eigenvalue weighted by Crippen LogP contribution is -2.41. The van der Waals surface area contributed by atoms with Gasteiger partial charge >= 0.3 is 12.2 Å². The molecule has 6 nitrogen and oxygen atoms in total. The van der Waals surface area contributed by atoms with Gasteiger partial charge in [-0.05, 0) is 24.0 Å². The van der Waals surface area contributed by atoms with Crippen molar-refractivity contribution < 1.29 is 24.2 Å². The Hall–Kier alpha value is -2.24. The Balaban J connectivity index is 2.05. The van der Waals surface area contributed by atoms with Crippen LogP contribution in [-0.4, -0.2) is 30.2 Å². The van der Waals surface area contributed by atoms with Crippen molar-refractivity contribution in [1.82, 2.24) is 0 Å². The van der Waals surface area contributed by atoms with E-state index in [1.165, 1.54) is 4.90 Å². The van der Waals surface area contributed by atoms with Gasteiger partial charge in [0.25, 0.3) is 0 Å². The fraction of sp³-hybridized carbons (Fsp3) is 0.556. The number of ether oxygens (including phenoxy) is 2. The van der Waals surface area contributed by atoms with E-state index in [0.717, 1.165) is 31.2 Å². The Kier molecular flexibility index (Phi) is 6.46. The fourth-order valence-electron chi connectivity index (χ4n) is 2.94. The van der Waals surface area contributed by atoms with Crippen LogP contribution in [0.2, 0.25) is 0 Å². The zero-order chi connectivity index (χ0) is 17.5. The van der Waals surface area contributed by atoms with E-state index >= 15 is 0 Å². The molecule has 2 atom stereocenters. The number of benzene rings is 1. The predicted octanol–water partition coefficient (Wildman–Crippen LogP) is 4.42. The number of carbonyl (C=O) groups is 2. The highest BCUT2D eigenvalue weighted by Gasteiger charge is 2.37. The maximum Gasteiger partial charge on any atom is 0.507 e. The van der Waals surface area contributed by atoms with E-state index in [4.69, 9.17) is 14.6 Å². The van der Waals surface area contributed by atoms with Crippen molar-refractivity contribution in [3.63, 3.8) is 0 Å². The summed E-state index contributed by atoms with van der Waals surface area (Å²) in [7, 11) is 0. The molecule has 24 heavy (non-hydrogen) atoms. The number of rotatable bonds is 7. The highest BCUT2D eigenvalue weighted by Crippen LogP contribution is 2.33. The molecule has 0 radical (unpaired) electrons. The quantitative estimate of drug-likeness (QED) is 0.746. The Morgan fingerprint density at radius 3 is 2.75 bits per heavy atom. The van der Waals surface area contributed by atoms with E-state index in [9.17, 15) is 9.59 Å². The highest BCUT2D eigenvalue weighted by atomic mass is 16.7. The van der Waals surface area contributed by atoms with E-state index in [1.807, 2.05) is 12.1 Å². The summed E-state index contributed by atoms with van der Waals surface area (Å²) in [4.78, 5) is 24.7. The average Bonchev–Trinajstić information content (AvgIpc) is 2.91. The summed E-state index contributed by atoms with van der Waals surface area (Å²) in [6.07, 6.45) is 1.69. The lowest BCUT2D eigenvalue weighted by Gasteiger charge is -2.24. The zero-order valence-corrected chi connectivity index (χ0v) is 14.2. The molecular weight excluding hydrogens is 310 g/mol. The molecule has 2 unspecified atom stereocenters. The van der Waals surface area contributed by atoms with Crippen LogP contribution in [0.15, 0.2) is 24.3 Å². The SMILES string of the molecule is CCCCC(CC)COC(=O)N1c2ccccc2CC1OC(=O)O. The third-order valence-corrected chi connectivity index (χ3v) is 4.35. The minimum absolute atomic E-state index is 0.325. The monoisotopic (exact) mass is 335 g/mol. The molecule has 132 valence electrons. The molecular formula is C18H25NO5. The minimum atomic E-state index is -1.40. The number of unbranched alkanes of at least 4 members (excludes halogenated alkanes) is 1. The van der Waals surface area contributed by atoms with Crippen LogP contribution in [0.4, 0.5) is 15.3 Å². The molecule has 0 spiro atoms. The van der Waals surface area contributed by atoms with Crippen LogP contribution in [0.3, 0.4) is 0 Å².